The summed E-state index contributed by atoms with van der Waals surface area (Å²) in [5, 5.41) is 0. The van der Waals surface area contributed by atoms with Gasteiger partial charge in [0.05, 0.1) is 0 Å². The van der Waals surface area contributed by atoms with E-state index < -0.39 is 6.10 Å². The molecule has 0 aromatic rings. The quantitative estimate of drug-likeness (QED) is 0.0262. The molecule has 0 aliphatic rings. The van der Waals surface area contributed by atoms with Crippen molar-refractivity contribution in [1.82, 2.24) is 0 Å². The van der Waals surface area contributed by atoms with Gasteiger partial charge in [-0.25, -0.2) is 0 Å². The first-order chi connectivity index (χ1) is 33.0. The summed E-state index contributed by atoms with van der Waals surface area (Å²) in [6, 6.07) is 0. The minimum Gasteiger partial charge on any atom is -0.462 e. The summed E-state index contributed by atoms with van der Waals surface area (Å²) < 4.78 is 16.9. The SMILES string of the molecule is CCCCC/C=C/C/C=C/CCCCCCCCCCCC(=O)OC[C@@H](COC(=O)CCCCCCCCC/C=C/CCCCCC)OC(=O)CCCCCCCCC/C=C/CCCCCC. The van der Waals surface area contributed by atoms with Crippen molar-refractivity contribution in [3.8, 4) is 0 Å². The number of allylic oxidation sites excluding steroid dienone is 8. The molecule has 0 N–H and O–H groups in total. The maximum atomic E-state index is 12.8. The van der Waals surface area contributed by atoms with Crippen LogP contribution in [0.4, 0.5) is 0 Å². The van der Waals surface area contributed by atoms with Crippen LogP contribution in [0, 0.1) is 0 Å². The molecule has 0 spiro atoms. The van der Waals surface area contributed by atoms with Crippen LogP contribution in [0.25, 0.3) is 0 Å². The van der Waals surface area contributed by atoms with E-state index in [1.807, 2.05) is 0 Å². The average molecular weight is 940 g/mol. The Labute approximate surface area is 416 Å². The lowest BCUT2D eigenvalue weighted by Gasteiger charge is -2.18. The molecule has 67 heavy (non-hydrogen) atoms. The Morgan fingerprint density at radius 3 is 0.866 bits per heavy atom. The van der Waals surface area contributed by atoms with E-state index in [1.54, 1.807) is 0 Å². The Bertz CT molecular complexity index is 1170. The molecular formula is C61H110O6. The van der Waals surface area contributed by atoms with Crippen molar-refractivity contribution in [3.63, 3.8) is 0 Å². The molecule has 0 aromatic carbocycles. The number of ether oxygens (including phenoxy) is 3. The molecule has 390 valence electrons. The molecule has 6 nitrogen and oxygen atoms in total. The summed E-state index contributed by atoms with van der Waals surface area (Å²) in [5.74, 6) is -0.876. The van der Waals surface area contributed by atoms with Crippen LogP contribution < -0.4 is 0 Å². The number of esters is 3. The van der Waals surface area contributed by atoms with Crippen LogP contribution in [0.3, 0.4) is 0 Å². The number of rotatable bonds is 53. The average Bonchev–Trinajstić information content (AvgIpc) is 3.33. The zero-order chi connectivity index (χ0) is 48.6. The van der Waals surface area contributed by atoms with Gasteiger partial charge in [-0.05, 0) is 103 Å². The Balaban J connectivity index is 4.36. The lowest BCUT2D eigenvalue weighted by molar-refractivity contribution is -0.167. The molecule has 0 saturated carbocycles. The maximum Gasteiger partial charge on any atom is 0.306 e. The molecule has 0 fully saturated rings. The number of hydrogen-bond donors (Lipinski definition) is 0. The molecular weight excluding hydrogens is 829 g/mol. The smallest absolute Gasteiger partial charge is 0.306 e. The van der Waals surface area contributed by atoms with Crippen molar-refractivity contribution in [1.29, 1.82) is 0 Å². The first kappa shape index (κ1) is 64.4. The maximum absolute atomic E-state index is 12.8. The third-order valence-corrected chi connectivity index (χ3v) is 12.8. The molecule has 6 heteroatoms. The fourth-order valence-corrected chi connectivity index (χ4v) is 8.35. The molecule has 0 saturated heterocycles. The molecule has 0 aromatic heterocycles. The third-order valence-electron chi connectivity index (χ3n) is 12.8. The molecule has 0 radical (unpaired) electrons. The van der Waals surface area contributed by atoms with Crippen molar-refractivity contribution in [2.75, 3.05) is 13.2 Å². The summed E-state index contributed by atoms with van der Waals surface area (Å²) in [4.78, 5) is 38.2. The van der Waals surface area contributed by atoms with E-state index in [0.29, 0.717) is 19.3 Å². The molecule has 0 bridgehead atoms. The predicted octanol–water partition coefficient (Wildman–Crippen LogP) is 19.4. The lowest BCUT2D eigenvalue weighted by atomic mass is 10.1. The number of carbonyl (C=O) groups is 3. The fraction of sp³-hybridized carbons (Fsp3) is 0.820. The monoisotopic (exact) mass is 939 g/mol. The van der Waals surface area contributed by atoms with Crippen molar-refractivity contribution in [2.45, 2.75) is 309 Å². The number of carbonyl (C=O) groups excluding carboxylic acids is 3. The second-order valence-electron chi connectivity index (χ2n) is 19.5. The normalized spacial score (nSPS) is 12.3. The number of unbranched alkanes of at least 4 members (excludes halogenated alkanes) is 34. The molecule has 1 atom stereocenters. The molecule has 0 unspecified atom stereocenters. The van der Waals surface area contributed by atoms with Crippen molar-refractivity contribution in [3.05, 3.63) is 48.6 Å². The van der Waals surface area contributed by atoms with Gasteiger partial charge >= 0.3 is 17.9 Å². The summed E-state index contributed by atoms with van der Waals surface area (Å²) in [5.41, 5.74) is 0. The predicted molar refractivity (Wildman–Crippen MR) is 289 cm³/mol. The van der Waals surface area contributed by atoms with Crippen LogP contribution in [0.15, 0.2) is 48.6 Å². The van der Waals surface area contributed by atoms with Gasteiger partial charge in [0, 0.05) is 19.3 Å². The highest BCUT2D eigenvalue weighted by atomic mass is 16.6. The minimum absolute atomic E-state index is 0.0767. The van der Waals surface area contributed by atoms with Gasteiger partial charge in [-0.1, -0.05) is 230 Å². The van der Waals surface area contributed by atoms with Crippen LogP contribution in [0.5, 0.6) is 0 Å². The van der Waals surface area contributed by atoms with Gasteiger partial charge in [0.1, 0.15) is 13.2 Å². The van der Waals surface area contributed by atoms with Crippen molar-refractivity contribution < 1.29 is 28.6 Å². The number of hydrogen-bond acceptors (Lipinski definition) is 6. The van der Waals surface area contributed by atoms with Crippen LogP contribution in [0.2, 0.25) is 0 Å². The third kappa shape index (κ3) is 54.2. The molecule has 0 aliphatic carbocycles. The zero-order valence-electron chi connectivity index (χ0n) is 44.7. The first-order valence-corrected chi connectivity index (χ1v) is 29.1. The van der Waals surface area contributed by atoms with Crippen molar-refractivity contribution in [2.24, 2.45) is 0 Å². The molecule has 0 aliphatic heterocycles. The van der Waals surface area contributed by atoms with Crippen LogP contribution >= 0.6 is 0 Å². The van der Waals surface area contributed by atoms with Crippen LogP contribution in [-0.4, -0.2) is 37.2 Å². The Kier molecular flexibility index (Phi) is 53.8. The van der Waals surface area contributed by atoms with E-state index in [9.17, 15) is 14.4 Å². The highest BCUT2D eigenvalue weighted by Gasteiger charge is 2.19. The summed E-state index contributed by atoms with van der Waals surface area (Å²) >= 11 is 0. The first-order valence-electron chi connectivity index (χ1n) is 29.1. The van der Waals surface area contributed by atoms with E-state index >= 15 is 0 Å². The molecule has 0 heterocycles. The van der Waals surface area contributed by atoms with E-state index in [4.69, 9.17) is 14.2 Å². The standard InChI is InChI=1S/C61H110O6/c1-4-7-10-13-16-19-22-25-28-29-30-31-34-36-39-42-45-48-51-54-60(63)66-57-58(67-61(64)55-52-49-46-43-40-37-33-27-24-21-18-15-12-9-6-3)56-65-59(62)53-50-47-44-41-38-35-32-26-23-20-17-14-11-8-5-2/h16,19-21,23-25,28,58H,4-15,17-18,22,26-27,29-57H2,1-3H3/b19-16+,23-20+,24-21+,28-25+/t58-/m1/s1. The van der Waals surface area contributed by atoms with Crippen LogP contribution in [0.1, 0.15) is 303 Å². The van der Waals surface area contributed by atoms with Crippen molar-refractivity contribution >= 4 is 17.9 Å². The lowest BCUT2D eigenvalue weighted by Crippen LogP contribution is -2.30. The summed E-state index contributed by atoms with van der Waals surface area (Å²) in [7, 11) is 0. The van der Waals surface area contributed by atoms with Gasteiger partial charge in [0.25, 0.3) is 0 Å². The van der Waals surface area contributed by atoms with E-state index in [2.05, 4.69) is 69.4 Å². The van der Waals surface area contributed by atoms with Gasteiger partial charge in [-0.15, -0.1) is 0 Å². The highest BCUT2D eigenvalue weighted by molar-refractivity contribution is 5.71. The largest absolute Gasteiger partial charge is 0.462 e. The Morgan fingerprint density at radius 1 is 0.299 bits per heavy atom. The van der Waals surface area contributed by atoms with E-state index in [0.717, 1.165) is 64.2 Å². The van der Waals surface area contributed by atoms with Gasteiger partial charge in [-0.2, -0.15) is 0 Å². The highest BCUT2D eigenvalue weighted by Crippen LogP contribution is 2.16. The summed E-state index contributed by atoms with van der Waals surface area (Å²) in [6.07, 6.45) is 68.1. The fourth-order valence-electron chi connectivity index (χ4n) is 8.35. The van der Waals surface area contributed by atoms with Gasteiger partial charge in [0.15, 0.2) is 6.10 Å². The van der Waals surface area contributed by atoms with E-state index in [1.165, 1.54) is 199 Å². The van der Waals surface area contributed by atoms with Gasteiger partial charge in [-0.3, -0.25) is 14.4 Å². The second-order valence-corrected chi connectivity index (χ2v) is 19.5. The van der Waals surface area contributed by atoms with Gasteiger partial charge in [0.2, 0.25) is 0 Å². The van der Waals surface area contributed by atoms with E-state index in [-0.39, 0.29) is 31.1 Å². The van der Waals surface area contributed by atoms with Gasteiger partial charge < -0.3 is 14.2 Å². The van der Waals surface area contributed by atoms with Crippen LogP contribution in [-0.2, 0) is 28.6 Å². The topological polar surface area (TPSA) is 78.9 Å². The summed E-state index contributed by atoms with van der Waals surface area (Å²) in [6.45, 7) is 6.61. The molecule has 0 rings (SSSR count). The Hall–Kier alpha value is -2.63. The Morgan fingerprint density at radius 2 is 0.537 bits per heavy atom. The molecule has 0 amide bonds. The zero-order valence-corrected chi connectivity index (χ0v) is 44.7. The minimum atomic E-state index is -0.778. The second kappa shape index (κ2) is 56.0.